The summed E-state index contributed by atoms with van der Waals surface area (Å²) in [6, 6.07) is 10.6. The Kier molecular flexibility index (Phi) is 5.71. The SMILES string of the molecule is Cc1ccc(C(=O)N2CCN(CC(=O)Nc3ccc(F)cc3)CC2)c(O)c1. The Balaban J connectivity index is 1.50. The number of amides is 2. The summed E-state index contributed by atoms with van der Waals surface area (Å²) in [6.07, 6.45) is 0. The van der Waals surface area contributed by atoms with Gasteiger partial charge in [0.2, 0.25) is 5.91 Å². The molecule has 1 aliphatic heterocycles. The first-order valence-electron chi connectivity index (χ1n) is 8.79. The fraction of sp³-hybridized carbons (Fsp3) is 0.300. The number of nitrogens with zero attached hydrogens (tertiary/aromatic N) is 2. The molecule has 0 aromatic heterocycles. The number of piperazine rings is 1. The van der Waals surface area contributed by atoms with Gasteiger partial charge in [0.1, 0.15) is 11.6 Å². The predicted molar refractivity (Wildman–Crippen MR) is 100 cm³/mol. The fourth-order valence-electron chi connectivity index (χ4n) is 3.04. The molecule has 2 aromatic carbocycles. The van der Waals surface area contributed by atoms with E-state index in [4.69, 9.17) is 0 Å². The van der Waals surface area contributed by atoms with Gasteiger partial charge in [-0.2, -0.15) is 0 Å². The van der Waals surface area contributed by atoms with Gasteiger partial charge in [-0.05, 0) is 48.9 Å². The van der Waals surface area contributed by atoms with Gasteiger partial charge < -0.3 is 15.3 Å². The Morgan fingerprint density at radius 3 is 2.37 bits per heavy atom. The van der Waals surface area contributed by atoms with Gasteiger partial charge in [-0.3, -0.25) is 14.5 Å². The summed E-state index contributed by atoms with van der Waals surface area (Å²) < 4.78 is 12.9. The lowest BCUT2D eigenvalue weighted by atomic mass is 10.1. The summed E-state index contributed by atoms with van der Waals surface area (Å²) in [5.41, 5.74) is 1.73. The second-order valence-electron chi connectivity index (χ2n) is 6.64. The fourth-order valence-corrected chi connectivity index (χ4v) is 3.04. The maximum absolute atomic E-state index is 12.9. The maximum Gasteiger partial charge on any atom is 0.257 e. The van der Waals surface area contributed by atoms with Crippen LogP contribution in [0.25, 0.3) is 0 Å². The van der Waals surface area contributed by atoms with Gasteiger partial charge in [-0.25, -0.2) is 4.39 Å². The van der Waals surface area contributed by atoms with Crippen molar-refractivity contribution < 1.29 is 19.1 Å². The largest absolute Gasteiger partial charge is 0.507 e. The standard InChI is InChI=1S/C20H22FN3O3/c1-14-2-7-17(18(25)12-14)20(27)24-10-8-23(9-11-24)13-19(26)22-16-5-3-15(21)4-6-16/h2-7,12,25H,8-11,13H2,1H3,(H,22,26). The van der Waals surface area contributed by atoms with E-state index in [9.17, 15) is 19.1 Å². The van der Waals surface area contributed by atoms with E-state index in [1.165, 1.54) is 24.3 Å². The Morgan fingerprint density at radius 1 is 1.07 bits per heavy atom. The van der Waals surface area contributed by atoms with Crippen LogP contribution in [0.1, 0.15) is 15.9 Å². The molecule has 2 aromatic rings. The van der Waals surface area contributed by atoms with Gasteiger partial charge in [-0.1, -0.05) is 6.07 Å². The van der Waals surface area contributed by atoms with E-state index in [0.717, 1.165) is 5.56 Å². The Morgan fingerprint density at radius 2 is 1.74 bits per heavy atom. The van der Waals surface area contributed by atoms with E-state index in [2.05, 4.69) is 5.32 Å². The highest BCUT2D eigenvalue weighted by Gasteiger charge is 2.24. The average Bonchev–Trinajstić information content (AvgIpc) is 2.64. The lowest BCUT2D eigenvalue weighted by Crippen LogP contribution is -2.50. The highest BCUT2D eigenvalue weighted by Crippen LogP contribution is 2.21. The zero-order valence-electron chi connectivity index (χ0n) is 15.1. The molecule has 0 atom stereocenters. The molecule has 1 aliphatic rings. The summed E-state index contributed by atoms with van der Waals surface area (Å²) in [5, 5.41) is 12.7. The molecular weight excluding hydrogens is 349 g/mol. The minimum Gasteiger partial charge on any atom is -0.507 e. The third-order valence-electron chi connectivity index (χ3n) is 4.54. The molecular formula is C20H22FN3O3. The molecule has 1 saturated heterocycles. The van der Waals surface area contributed by atoms with Crippen LogP contribution in [0.15, 0.2) is 42.5 Å². The molecule has 3 rings (SSSR count). The third kappa shape index (κ3) is 4.83. The van der Waals surface area contributed by atoms with Crippen LogP contribution in [-0.4, -0.2) is 59.4 Å². The quantitative estimate of drug-likeness (QED) is 0.865. The smallest absolute Gasteiger partial charge is 0.257 e. The van der Waals surface area contributed by atoms with Crippen molar-refractivity contribution in [1.29, 1.82) is 0 Å². The number of nitrogens with one attached hydrogen (secondary N) is 1. The van der Waals surface area contributed by atoms with Crippen LogP contribution in [0.2, 0.25) is 0 Å². The summed E-state index contributed by atoms with van der Waals surface area (Å²) in [5.74, 6) is -0.755. The first kappa shape index (κ1) is 18.8. The van der Waals surface area contributed by atoms with Crippen molar-refractivity contribution in [3.63, 3.8) is 0 Å². The van der Waals surface area contributed by atoms with E-state index in [0.29, 0.717) is 37.4 Å². The number of hydrogen-bond acceptors (Lipinski definition) is 4. The lowest BCUT2D eigenvalue weighted by Gasteiger charge is -2.34. The van der Waals surface area contributed by atoms with E-state index < -0.39 is 0 Å². The summed E-state index contributed by atoms with van der Waals surface area (Å²) in [4.78, 5) is 28.3. The number of anilines is 1. The monoisotopic (exact) mass is 371 g/mol. The van der Waals surface area contributed by atoms with Crippen LogP contribution < -0.4 is 5.32 Å². The zero-order valence-corrected chi connectivity index (χ0v) is 15.1. The molecule has 142 valence electrons. The zero-order chi connectivity index (χ0) is 19.4. The number of aromatic hydroxyl groups is 1. The molecule has 0 bridgehead atoms. The minimum atomic E-state index is -0.353. The van der Waals surface area contributed by atoms with Crippen molar-refractivity contribution in [2.24, 2.45) is 0 Å². The number of phenols is 1. The van der Waals surface area contributed by atoms with Crippen molar-refractivity contribution in [2.75, 3.05) is 38.0 Å². The normalized spacial score (nSPS) is 14.8. The van der Waals surface area contributed by atoms with Crippen molar-refractivity contribution >= 4 is 17.5 Å². The van der Waals surface area contributed by atoms with Gasteiger partial charge in [0.05, 0.1) is 12.1 Å². The Hall–Kier alpha value is -2.93. The molecule has 0 aliphatic carbocycles. The number of halogens is 1. The topological polar surface area (TPSA) is 72.9 Å². The highest BCUT2D eigenvalue weighted by atomic mass is 19.1. The highest BCUT2D eigenvalue weighted by molar-refractivity contribution is 5.97. The van der Waals surface area contributed by atoms with Crippen molar-refractivity contribution in [3.05, 3.63) is 59.4 Å². The van der Waals surface area contributed by atoms with Crippen LogP contribution in [-0.2, 0) is 4.79 Å². The number of phenolic OH excluding ortho intramolecular Hbond substituents is 1. The minimum absolute atomic E-state index is 0.0129. The molecule has 0 spiro atoms. The van der Waals surface area contributed by atoms with E-state index in [-0.39, 0.29) is 29.9 Å². The van der Waals surface area contributed by atoms with Gasteiger partial charge >= 0.3 is 0 Å². The summed E-state index contributed by atoms with van der Waals surface area (Å²) in [7, 11) is 0. The van der Waals surface area contributed by atoms with Crippen LogP contribution in [0.5, 0.6) is 5.75 Å². The molecule has 1 heterocycles. The predicted octanol–water partition coefficient (Wildman–Crippen LogP) is 2.24. The first-order valence-corrected chi connectivity index (χ1v) is 8.79. The second-order valence-corrected chi connectivity index (χ2v) is 6.64. The van der Waals surface area contributed by atoms with Crippen LogP contribution in [0.4, 0.5) is 10.1 Å². The number of hydrogen-bond donors (Lipinski definition) is 2. The molecule has 7 heteroatoms. The van der Waals surface area contributed by atoms with Crippen LogP contribution in [0, 0.1) is 12.7 Å². The molecule has 27 heavy (non-hydrogen) atoms. The van der Waals surface area contributed by atoms with Gasteiger partial charge in [0.15, 0.2) is 0 Å². The molecule has 1 fully saturated rings. The van der Waals surface area contributed by atoms with E-state index >= 15 is 0 Å². The molecule has 6 nitrogen and oxygen atoms in total. The molecule has 2 amide bonds. The summed E-state index contributed by atoms with van der Waals surface area (Å²) >= 11 is 0. The number of aryl methyl sites for hydroxylation is 1. The van der Waals surface area contributed by atoms with E-state index in [1.54, 1.807) is 23.1 Å². The van der Waals surface area contributed by atoms with Crippen molar-refractivity contribution in [2.45, 2.75) is 6.92 Å². The van der Waals surface area contributed by atoms with Crippen molar-refractivity contribution in [3.8, 4) is 5.75 Å². The molecule has 2 N–H and O–H groups in total. The second kappa shape index (κ2) is 8.18. The summed E-state index contributed by atoms with van der Waals surface area (Å²) in [6.45, 7) is 4.15. The number of carbonyl (C=O) groups excluding carboxylic acids is 2. The number of benzene rings is 2. The third-order valence-corrected chi connectivity index (χ3v) is 4.54. The van der Waals surface area contributed by atoms with E-state index in [1.807, 2.05) is 11.8 Å². The molecule has 0 unspecified atom stereocenters. The van der Waals surface area contributed by atoms with Gasteiger partial charge in [0, 0.05) is 31.9 Å². The van der Waals surface area contributed by atoms with Gasteiger partial charge in [-0.15, -0.1) is 0 Å². The first-order chi connectivity index (χ1) is 12.9. The molecule has 0 saturated carbocycles. The number of rotatable bonds is 4. The van der Waals surface area contributed by atoms with Crippen LogP contribution in [0.3, 0.4) is 0 Å². The van der Waals surface area contributed by atoms with Crippen LogP contribution >= 0.6 is 0 Å². The average molecular weight is 371 g/mol. The number of carbonyl (C=O) groups is 2. The van der Waals surface area contributed by atoms with Gasteiger partial charge in [0.25, 0.3) is 5.91 Å². The maximum atomic E-state index is 12.9. The Labute approximate surface area is 157 Å². The lowest BCUT2D eigenvalue weighted by molar-refractivity contribution is -0.117. The Bertz CT molecular complexity index is 831. The molecule has 0 radical (unpaired) electrons. The van der Waals surface area contributed by atoms with Crippen molar-refractivity contribution in [1.82, 2.24) is 9.80 Å².